The van der Waals surface area contributed by atoms with Crippen molar-refractivity contribution in [2.45, 2.75) is 43.7 Å². The van der Waals surface area contributed by atoms with Gasteiger partial charge in [0.15, 0.2) is 0 Å². The van der Waals surface area contributed by atoms with Crippen LogP contribution in [0.4, 0.5) is 0 Å². The summed E-state index contributed by atoms with van der Waals surface area (Å²) in [6.07, 6.45) is 9.16. The molecular weight excluding hydrogens is 238 g/mol. The quantitative estimate of drug-likeness (QED) is 0.728. The Morgan fingerprint density at radius 3 is 2.79 bits per heavy atom. The van der Waals surface area contributed by atoms with Gasteiger partial charge < -0.3 is 20.3 Å². The molecule has 1 saturated carbocycles. The number of hydrogen-bond donors (Lipinski definition) is 3. The fourth-order valence-corrected chi connectivity index (χ4v) is 3.09. The van der Waals surface area contributed by atoms with Gasteiger partial charge in [0.2, 0.25) is 0 Å². The summed E-state index contributed by atoms with van der Waals surface area (Å²) < 4.78 is 0. The van der Waals surface area contributed by atoms with Crippen molar-refractivity contribution in [3.63, 3.8) is 0 Å². The predicted molar refractivity (Wildman–Crippen MR) is 78.3 cm³/mol. The van der Waals surface area contributed by atoms with Gasteiger partial charge in [0, 0.05) is 31.5 Å². The summed E-state index contributed by atoms with van der Waals surface area (Å²) in [6.45, 7) is 1.81. The summed E-state index contributed by atoms with van der Waals surface area (Å²) in [7, 11) is 4.12. The molecule has 0 saturated heterocycles. The van der Waals surface area contributed by atoms with Gasteiger partial charge in [0.05, 0.1) is 5.60 Å². The van der Waals surface area contributed by atoms with Crippen molar-refractivity contribution in [3.05, 3.63) is 24.0 Å². The van der Waals surface area contributed by atoms with Gasteiger partial charge in [-0.2, -0.15) is 0 Å². The number of aromatic amines is 1. The van der Waals surface area contributed by atoms with Crippen LogP contribution in [0.1, 0.15) is 31.2 Å². The molecule has 4 nitrogen and oxygen atoms in total. The number of aliphatic hydroxyl groups is 1. The number of aromatic nitrogens is 1. The van der Waals surface area contributed by atoms with Crippen LogP contribution in [0.5, 0.6) is 0 Å². The number of H-pyrrole nitrogens is 1. The third kappa shape index (κ3) is 4.06. The Balaban J connectivity index is 1.74. The molecule has 1 heterocycles. The Bertz CT molecular complexity index is 355. The zero-order valence-corrected chi connectivity index (χ0v) is 12.2. The van der Waals surface area contributed by atoms with Crippen LogP contribution in [0.3, 0.4) is 0 Å². The molecule has 2 rings (SSSR count). The minimum Gasteiger partial charge on any atom is -0.389 e. The normalized spacial score (nSPS) is 27.9. The second-order valence-corrected chi connectivity index (χ2v) is 5.94. The standard InChI is InChI=1S/C15H27N3O/c1-16-12-15(19)7-3-14(4-8-15)18(2)10-6-13-5-9-17-11-13/h5,9,11,14,16-17,19H,3-4,6-8,10,12H2,1-2H3. The number of likely N-dealkylation sites (N-methyl/N-ethyl adjacent to an activating group) is 2. The first-order valence-electron chi connectivity index (χ1n) is 7.32. The van der Waals surface area contributed by atoms with Crippen LogP contribution < -0.4 is 5.32 Å². The number of hydrogen-bond acceptors (Lipinski definition) is 3. The first kappa shape index (κ1) is 14.6. The van der Waals surface area contributed by atoms with Gasteiger partial charge in [0.25, 0.3) is 0 Å². The maximum absolute atomic E-state index is 10.4. The Morgan fingerprint density at radius 1 is 1.47 bits per heavy atom. The topological polar surface area (TPSA) is 51.3 Å². The molecule has 0 unspecified atom stereocenters. The summed E-state index contributed by atoms with van der Waals surface area (Å²) in [6, 6.07) is 2.76. The number of rotatable bonds is 6. The Labute approximate surface area is 116 Å². The molecule has 0 radical (unpaired) electrons. The monoisotopic (exact) mass is 265 g/mol. The molecule has 0 spiro atoms. The van der Waals surface area contributed by atoms with Crippen molar-refractivity contribution in [1.82, 2.24) is 15.2 Å². The van der Waals surface area contributed by atoms with Crippen LogP contribution in [-0.2, 0) is 6.42 Å². The second kappa shape index (κ2) is 6.55. The van der Waals surface area contributed by atoms with Crippen molar-refractivity contribution in [2.75, 3.05) is 27.2 Å². The van der Waals surface area contributed by atoms with E-state index in [0.29, 0.717) is 12.6 Å². The summed E-state index contributed by atoms with van der Waals surface area (Å²) in [5.41, 5.74) is 0.890. The van der Waals surface area contributed by atoms with Crippen LogP contribution in [0, 0.1) is 0 Å². The highest BCUT2D eigenvalue weighted by molar-refractivity contribution is 5.08. The molecule has 0 atom stereocenters. The van der Waals surface area contributed by atoms with Crippen LogP contribution in [0.15, 0.2) is 18.5 Å². The molecule has 1 aromatic heterocycles. The smallest absolute Gasteiger partial charge is 0.0772 e. The van der Waals surface area contributed by atoms with Gasteiger partial charge in [-0.15, -0.1) is 0 Å². The molecule has 1 aliphatic carbocycles. The highest BCUT2D eigenvalue weighted by atomic mass is 16.3. The molecule has 3 N–H and O–H groups in total. The first-order valence-corrected chi connectivity index (χ1v) is 7.32. The molecule has 4 heteroatoms. The van der Waals surface area contributed by atoms with Crippen LogP contribution in [-0.4, -0.2) is 53.8 Å². The Morgan fingerprint density at radius 2 is 2.21 bits per heavy atom. The summed E-state index contributed by atoms with van der Waals surface area (Å²) in [5.74, 6) is 0. The molecule has 1 fully saturated rings. The van der Waals surface area contributed by atoms with E-state index in [9.17, 15) is 5.11 Å². The molecule has 0 aliphatic heterocycles. The Hall–Kier alpha value is -0.840. The van der Waals surface area contributed by atoms with Gasteiger partial charge in [0.1, 0.15) is 0 Å². The Kier molecular flexibility index (Phi) is 5.02. The highest BCUT2D eigenvalue weighted by Gasteiger charge is 2.33. The van der Waals surface area contributed by atoms with Gasteiger partial charge in [-0.05, 0) is 57.8 Å². The van der Waals surface area contributed by atoms with Crippen molar-refractivity contribution < 1.29 is 5.11 Å². The molecular formula is C15H27N3O. The minimum atomic E-state index is -0.479. The van der Waals surface area contributed by atoms with Crippen molar-refractivity contribution >= 4 is 0 Å². The van der Waals surface area contributed by atoms with E-state index < -0.39 is 5.60 Å². The zero-order valence-electron chi connectivity index (χ0n) is 12.2. The maximum Gasteiger partial charge on any atom is 0.0772 e. The van der Waals surface area contributed by atoms with E-state index in [-0.39, 0.29) is 0 Å². The lowest BCUT2D eigenvalue weighted by Gasteiger charge is -2.39. The van der Waals surface area contributed by atoms with E-state index in [2.05, 4.69) is 34.5 Å². The largest absolute Gasteiger partial charge is 0.389 e. The van der Waals surface area contributed by atoms with E-state index in [4.69, 9.17) is 0 Å². The van der Waals surface area contributed by atoms with Gasteiger partial charge in [-0.25, -0.2) is 0 Å². The van der Waals surface area contributed by atoms with Crippen molar-refractivity contribution in [3.8, 4) is 0 Å². The maximum atomic E-state index is 10.4. The van der Waals surface area contributed by atoms with Crippen molar-refractivity contribution in [2.24, 2.45) is 0 Å². The third-order valence-corrected chi connectivity index (χ3v) is 4.43. The highest BCUT2D eigenvalue weighted by Crippen LogP contribution is 2.30. The lowest BCUT2D eigenvalue weighted by atomic mass is 9.81. The van der Waals surface area contributed by atoms with Crippen LogP contribution in [0.2, 0.25) is 0 Å². The average molecular weight is 265 g/mol. The van der Waals surface area contributed by atoms with Gasteiger partial charge >= 0.3 is 0 Å². The van der Waals surface area contributed by atoms with Crippen LogP contribution in [0.25, 0.3) is 0 Å². The van der Waals surface area contributed by atoms with E-state index in [1.807, 2.05) is 13.2 Å². The molecule has 1 aliphatic rings. The number of nitrogens with one attached hydrogen (secondary N) is 2. The predicted octanol–water partition coefficient (Wildman–Crippen LogP) is 1.38. The average Bonchev–Trinajstić information content (AvgIpc) is 2.90. The van der Waals surface area contributed by atoms with Gasteiger partial charge in [-0.3, -0.25) is 0 Å². The fraction of sp³-hybridized carbons (Fsp3) is 0.733. The summed E-state index contributed by atoms with van der Waals surface area (Å²) in [5, 5.41) is 13.5. The molecule has 0 aromatic carbocycles. The lowest BCUT2D eigenvalue weighted by molar-refractivity contribution is -0.0144. The minimum absolute atomic E-state index is 0.479. The lowest BCUT2D eigenvalue weighted by Crippen LogP contribution is -2.47. The SMILES string of the molecule is CNCC1(O)CCC(N(C)CCc2cc[nH]c2)CC1. The van der Waals surface area contributed by atoms with Gasteiger partial charge in [-0.1, -0.05) is 0 Å². The van der Waals surface area contributed by atoms with E-state index >= 15 is 0 Å². The number of nitrogens with zero attached hydrogens (tertiary/aromatic N) is 1. The molecule has 0 amide bonds. The molecule has 0 bridgehead atoms. The molecule has 1 aromatic rings. The first-order chi connectivity index (χ1) is 9.13. The van der Waals surface area contributed by atoms with E-state index in [0.717, 1.165) is 38.6 Å². The summed E-state index contributed by atoms with van der Waals surface area (Å²) in [4.78, 5) is 5.55. The second-order valence-electron chi connectivity index (χ2n) is 5.94. The van der Waals surface area contributed by atoms with E-state index in [1.165, 1.54) is 5.56 Å². The fourth-order valence-electron chi connectivity index (χ4n) is 3.09. The van der Waals surface area contributed by atoms with Crippen molar-refractivity contribution in [1.29, 1.82) is 0 Å². The molecule has 108 valence electrons. The van der Waals surface area contributed by atoms with E-state index in [1.54, 1.807) is 0 Å². The molecule has 19 heavy (non-hydrogen) atoms. The zero-order chi connectivity index (χ0) is 13.7. The van der Waals surface area contributed by atoms with Crippen LogP contribution >= 0.6 is 0 Å². The third-order valence-electron chi connectivity index (χ3n) is 4.43. The summed E-state index contributed by atoms with van der Waals surface area (Å²) >= 11 is 0.